The highest BCUT2D eigenvalue weighted by molar-refractivity contribution is 5.88. The number of carbonyl (C=O) groups is 1. The molecular formula is C17H18O3. The van der Waals surface area contributed by atoms with E-state index in [2.05, 4.69) is 31.2 Å². The molecule has 3 heteroatoms. The van der Waals surface area contributed by atoms with Gasteiger partial charge in [-0.15, -0.1) is 0 Å². The zero-order valence-corrected chi connectivity index (χ0v) is 11.7. The van der Waals surface area contributed by atoms with Crippen LogP contribution in [0.5, 0.6) is 5.75 Å². The van der Waals surface area contributed by atoms with Crippen LogP contribution in [0.3, 0.4) is 0 Å². The molecule has 0 spiro atoms. The van der Waals surface area contributed by atoms with Gasteiger partial charge in [0.25, 0.3) is 0 Å². The predicted molar refractivity (Wildman–Crippen MR) is 78.3 cm³/mol. The van der Waals surface area contributed by atoms with Crippen LogP contribution in [-0.2, 0) is 13.0 Å². The van der Waals surface area contributed by atoms with Crippen LogP contribution in [0.4, 0.5) is 0 Å². The minimum Gasteiger partial charge on any atom is -0.489 e. The van der Waals surface area contributed by atoms with Crippen molar-refractivity contribution in [2.24, 2.45) is 0 Å². The predicted octanol–water partition coefficient (Wildman–Crippen LogP) is 3.83. The molecule has 0 saturated carbocycles. The Balaban J connectivity index is 2.04. The van der Waals surface area contributed by atoms with Gasteiger partial charge in [0.15, 0.2) is 0 Å². The maximum Gasteiger partial charge on any atom is 0.335 e. The van der Waals surface area contributed by atoms with E-state index >= 15 is 0 Å². The molecule has 0 aliphatic heterocycles. The van der Waals surface area contributed by atoms with E-state index in [1.54, 1.807) is 18.2 Å². The number of carboxylic acids is 1. The smallest absolute Gasteiger partial charge is 0.335 e. The van der Waals surface area contributed by atoms with E-state index in [0.717, 1.165) is 23.3 Å². The topological polar surface area (TPSA) is 46.5 Å². The third-order valence-corrected chi connectivity index (χ3v) is 3.25. The minimum atomic E-state index is -0.921. The summed E-state index contributed by atoms with van der Waals surface area (Å²) >= 11 is 0. The number of hydrogen-bond donors (Lipinski definition) is 1. The quantitative estimate of drug-likeness (QED) is 0.898. The first-order valence-electron chi connectivity index (χ1n) is 6.64. The van der Waals surface area contributed by atoms with Gasteiger partial charge in [-0.2, -0.15) is 0 Å². The molecule has 2 aromatic rings. The molecule has 104 valence electrons. The molecule has 0 atom stereocenters. The Morgan fingerprint density at radius 3 is 2.30 bits per heavy atom. The molecule has 3 nitrogen and oxygen atoms in total. The van der Waals surface area contributed by atoms with Crippen molar-refractivity contribution in [2.45, 2.75) is 26.9 Å². The standard InChI is InChI=1S/C17H18O3/c1-3-13-4-6-14(7-5-13)11-20-16-9-8-15(17(18)19)10-12(16)2/h4-10H,3,11H2,1-2H3,(H,18,19). The lowest BCUT2D eigenvalue weighted by Crippen LogP contribution is -2.00. The van der Waals surface area contributed by atoms with Crippen molar-refractivity contribution >= 4 is 5.97 Å². The molecule has 0 saturated heterocycles. The van der Waals surface area contributed by atoms with Crippen LogP contribution in [0.25, 0.3) is 0 Å². The number of aryl methyl sites for hydroxylation is 2. The fraction of sp³-hybridized carbons (Fsp3) is 0.235. The molecule has 0 bridgehead atoms. The van der Waals surface area contributed by atoms with Crippen LogP contribution in [0.2, 0.25) is 0 Å². The lowest BCUT2D eigenvalue weighted by atomic mass is 10.1. The third kappa shape index (κ3) is 3.38. The van der Waals surface area contributed by atoms with E-state index in [1.807, 2.05) is 6.92 Å². The zero-order valence-electron chi connectivity index (χ0n) is 11.7. The second-order valence-electron chi connectivity index (χ2n) is 4.74. The summed E-state index contributed by atoms with van der Waals surface area (Å²) in [4.78, 5) is 10.9. The summed E-state index contributed by atoms with van der Waals surface area (Å²) in [6.45, 7) is 4.46. The summed E-state index contributed by atoms with van der Waals surface area (Å²) in [6, 6.07) is 13.2. The van der Waals surface area contributed by atoms with Gasteiger partial charge in [-0.25, -0.2) is 4.79 Å². The minimum absolute atomic E-state index is 0.280. The van der Waals surface area contributed by atoms with Gasteiger partial charge in [-0.05, 0) is 48.2 Å². The van der Waals surface area contributed by atoms with Gasteiger partial charge >= 0.3 is 5.97 Å². The second kappa shape index (κ2) is 6.24. The van der Waals surface area contributed by atoms with E-state index in [1.165, 1.54) is 5.56 Å². The largest absolute Gasteiger partial charge is 0.489 e. The molecule has 1 N–H and O–H groups in total. The summed E-state index contributed by atoms with van der Waals surface area (Å²) < 4.78 is 5.74. The molecule has 20 heavy (non-hydrogen) atoms. The third-order valence-electron chi connectivity index (χ3n) is 3.25. The van der Waals surface area contributed by atoms with Crippen LogP contribution in [0.15, 0.2) is 42.5 Å². The van der Waals surface area contributed by atoms with E-state index in [-0.39, 0.29) is 5.56 Å². The van der Waals surface area contributed by atoms with Crippen LogP contribution in [0.1, 0.15) is 34.0 Å². The van der Waals surface area contributed by atoms with E-state index < -0.39 is 5.97 Å². The Morgan fingerprint density at radius 2 is 1.75 bits per heavy atom. The first-order chi connectivity index (χ1) is 9.60. The molecule has 0 heterocycles. The van der Waals surface area contributed by atoms with Gasteiger partial charge in [0.05, 0.1) is 5.56 Å². The van der Waals surface area contributed by atoms with Crippen molar-refractivity contribution in [2.75, 3.05) is 0 Å². The van der Waals surface area contributed by atoms with Crippen molar-refractivity contribution in [1.82, 2.24) is 0 Å². The molecule has 0 aliphatic rings. The normalized spacial score (nSPS) is 10.3. The van der Waals surface area contributed by atoms with Gasteiger partial charge in [0, 0.05) is 0 Å². The van der Waals surface area contributed by atoms with Gasteiger partial charge < -0.3 is 9.84 Å². The van der Waals surface area contributed by atoms with Crippen LogP contribution < -0.4 is 4.74 Å². The van der Waals surface area contributed by atoms with Crippen molar-refractivity contribution in [3.63, 3.8) is 0 Å². The van der Waals surface area contributed by atoms with Gasteiger partial charge in [-0.1, -0.05) is 31.2 Å². The number of aromatic carboxylic acids is 1. The monoisotopic (exact) mass is 270 g/mol. The maximum absolute atomic E-state index is 10.9. The van der Waals surface area contributed by atoms with E-state index in [0.29, 0.717) is 6.61 Å². The highest BCUT2D eigenvalue weighted by Crippen LogP contribution is 2.20. The number of rotatable bonds is 5. The lowest BCUT2D eigenvalue weighted by Gasteiger charge is -2.10. The lowest BCUT2D eigenvalue weighted by molar-refractivity contribution is 0.0696. The molecule has 0 unspecified atom stereocenters. The van der Waals surface area contributed by atoms with E-state index in [4.69, 9.17) is 9.84 Å². The number of hydrogen-bond acceptors (Lipinski definition) is 2. The first-order valence-corrected chi connectivity index (χ1v) is 6.64. The van der Waals surface area contributed by atoms with E-state index in [9.17, 15) is 4.79 Å². The average molecular weight is 270 g/mol. The van der Waals surface area contributed by atoms with Gasteiger partial charge in [-0.3, -0.25) is 0 Å². The Hall–Kier alpha value is -2.29. The molecular weight excluding hydrogens is 252 g/mol. The fourth-order valence-corrected chi connectivity index (χ4v) is 1.98. The Kier molecular flexibility index (Phi) is 4.41. The summed E-state index contributed by atoms with van der Waals surface area (Å²) in [5, 5.41) is 8.92. The molecule has 2 aromatic carbocycles. The van der Waals surface area contributed by atoms with Crippen molar-refractivity contribution < 1.29 is 14.6 Å². The maximum atomic E-state index is 10.9. The number of ether oxygens (including phenoxy) is 1. The van der Waals surface area contributed by atoms with Crippen LogP contribution >= 0.6 is 0 Å². The Labute approximate surface area is 118 Å². The molecule has 0 aromatic heterocycles. The van der Waals surface area contributed by atoms with Crippen molar-refractivity contribution in [1.29, 1.82) is 0 Å². The Bertz CT molecular complexity index is 600. The number of benzene rings is 2. The highest BCUT2D eigenvalue weighted by Gasteiger charge is 2.06. The fourth-order valence-electron chi connectivity index (χ4n) is 1.98. The van der Waals surface area contributed by atoms with Crippen LogP contribution in [0, 0.1) is 6.92 Å². The Morgan fingerprint density at radius 1 is 1.10 bits per heavy atom. The summed E-state index contributed by atoms with van der Waals surface area (Å²) in [5.74, 6) is -0.204. The average Bonchev–Trinajstić information content (AvgIpc) is 2.46. The zero-order chi connectivity index (χ0) is 14.5. The SMILES string of the molecule is CCc1ccc(COc2ccc(C(=O)O)cc2C)cc1. The summed E-state index contributed by atoms with van der Waals surface area (Å²) in [7, 11) is 0. The van der Waals surface area contributed by atoms with Gasteiger partial charge in [0.2, 0.25) is 0 Å². The molecule has 0 aliphatic carbocycles. The van der Waals surface area contributed by atoms with Crippen molar-refractivity contribution in [3.05, 3.63) is 64.7 Å². The van der Waals surface area contributed by atoms with Crippen LogP contribution in [-0.4, -0.2) is 11.1 Å². The molecule has 0 amide bonds. The molecule has 0 radical (unpaired) electrons. The second-order valence-corrected chi connectivity index (χ2v) is 4.74. The highest BCUT2D eigenvalue weighted by atomic mass is 16.5. The summed E-state index contributed by atoms with van der Waals surface area (Å²) in [6.07, 6.45) is 1.02. The van der Waals surface area contributed by atoms with Gasteiger partial charge in [0.1, 0.15) is 12.4 Å². The molecule has 0 fully saturated rings. The summed E-state index contributed by atoms with van der Waals surface area (Å²) in [5.41, 5.74) is 3.51. The van der Waals surface area contributed by atoms with Crippen molar-refractivity contribution in [3.8, 4) is 5.75 Å². The first kappa shape index (κ1) is 14.1. The molecule has 2 rings (SSSR count). The number of carboxylic acid groups (broad SMARTS) is 1.